The highest BCUT2D eigenvalue weighted by atomic mass is 15.2. The Morgan fingerprint density at radius 1 is 0.230 bits per heavy atom. The summed E-state index contributed by atoms with van der Waals surface area (Å²) in [4.78, 5) is 17.5. The van der Waals surface area contributed by atoms with E-state index in [4.69, 9.17) is 9.97 Å². The van der Waals surface area contributed by atoms with Crippen molar-refractivity contribution < 1.29 is 0 Å². The average Bonchev–Trinajstić information content (AvgIpc) is 1.21. The Hall–Kier alpha value is -14.3. The second-order valence-corrected chi connectivity index (χ2v) is 44.6. The van der Waals surface area contributed by atoms with E-state index in [1.807, 2.05) is 0 Å². The van der Waals surface area contributed by atoms with Crippen molar-refractivity contribution in [2.75, 3.05) is 9.80 Å². The van der Waals surface area contributed by atoms with Crippen LogP contribution >= 0.6 is 0 Å². The molecule has 0 spiro atoms. The van der Waals surface area contributed by atoms with E-state index >= 15 is 0 Å². The third-order valence-corrected chi connectivity index (χ3v) is 28.9. The van der Waals surface area contributed by atoms with E-state index in [-0.39, 0.29) is 32.5 Å². The summed E-state index contributed by atoms with van der Waals surface area (Å²) in [5, 5.41) is 7.26. The van der Waals surface area contributed by atoms with Crippen molar-refractivity contribution in [1.82, 2.24) is 23.7 Å². The fourth-order valence-corrected chi connectivity index (χ4v) is 21.2. The van der Waals surface area contributed by atoms with Gasteiger partial charge < -0.3 is 14.4 Å². The summed E-state index contributed by atoms with van der Waals surface area (Å²) < 4.78 is 7.51. The Balaban J connectivity index is 0.879. The van der Waals surface area contributed by atoms with Crippen molar-refractivity contribution in [2.24, 2.45) is 0 Å². The van der Waals surface area contributed by atoms with Gasteiger partial charge in [0.2, 0.25) is 0 Å². The molecule has 7 nitrogen and oxygen atoms in total. The molecule has 0 fully saturated rings. The van der Waals surface area contributed by atoms with E-state index in [2.05, 4.69) is 508 Å². The number of nitrogens with zero attached hydrogens (tertiary/aromatic N) is 7. The number of anilines is 6. The molecule has 8 heteroatoms. The number of fused-ring (bicyclic) bond motifs is 13. The fourth-order valence-electron chi connectivity index (χ4n) is 21.2. The van der Waals surface area contributed by atoms with Crippen LogP contribution in [0.1, 0.15) is 183 Å². The van der Waals surface area contributed by atoms with Crippen molar-refractivity contribution in [3.63, 3.8) is 0 Å². The van der Waals surface area contributed by atoms with Gasteiger partial charge in [0.15, 0.2) is 0 Å². The average molecular weight is 1750 g/mol. The molecule has 15 aromatic carbocycles. The van der Waals surface area contributed by atoms with Gasteiger partial charge in [-0.2, -0.15) is 0 Å². The zero-order valence-corrected chi connectivity index (χ0v) is 81.7. The molecule has 0 atom stereocenters. The van der Waals surface area contributed by atoms with Crippen LogP contribution < -0.4 is 26.2 Å². The van der Waals surface area contributed by atoms with Crippen LogP contribution in [0.15, 0.2) is 346 Å². The minimum Gasteiger partial charge on any atom is -0.311 e. The van der Waals surface area contributed by atoms with Gasteiger partial charge in [0.1, 0.15) is 11.6 Å². The van der Waals surface area contributed by atoms with Crippen LogP contribution in [0.4, 0.5) is 34.1 Å². The Bertz CT molecular complexity index is 7920. The van der Waals surface area contributed by atoms with E-state index in [1.54, 1.807) is 0 Å². The van der Waals surface area contributed by atoms with Crippen molar-refractivity contribution in [1.29, 1.82) is 0 Å². The minimum absolute atomic E-state index is 0.104. The van der Waals surface area contributed by atoms with Gasteiger partial charge in [0.05, 0.1) is 55.9 Å². The number of para-hydroxylation sites is 1. The highest BCUT2D eigenvalue weighted by molar-refractivity contribution is 7.00. The maximum Gasteiger partial charge on any atom is 0.252 e. The van der Waals surface area contributed by atoms with Crippen molar-refractivity contribution in [3.8, 4) is 84.3 Å². The van der Waals surface area contributed by atoms with E-state index < -0.39 is 6.71 Å². The monoisotopic (exact) mass is 1750 g/mol. The van der Waals surface area contributed by atoms with E-state index in [9.17, 15) is 0 Å². The molecule has 135 heavy (non-hydrogen) atoms. The molecule has 2 aliphatic heterocycles. The molecular weight excluding hydrogens is 1630 g/mol. The lowest BCUT2D eigenvalue weighted by Gasteiger charge is -2.45. The van der Waals surface area contributed by atoms with Crippen LogP contribution in [-0.2, 0) is 32.5 Å². The first-order valence-corrected chi connectivity index (χ1v) is 48.4. The molecule has 0 unspecified atom stereocenters. The molecule has 0 N–H and O–H groups in total. The molecule has 20 aromatic rings. The Morgan fingerprint density at radius 2 is 0.630 bits per heavy atom. The summed E-state index contributed by atoms with van der Waals surface area (Å²) in [6.45, 7) is 46.1. The summed E-state index contributed by atoms with van der Waals surface area (Å²) in [7, 11) is 0. The summed E-state index contributed by atoms with van der Waals surface area (Å²) in [6.07, 6.45) is 0. The zero-order chi connectivity index (χ0) is 93.6. The van der Waals surface area contributed by atoms with Crippen LogP contribution in [0, 0.1) is 0 Å². The number of rotatable bonds is 12. The van der Waals surface area contributed by atoms with Gasteiger partial charge in [-0.1, -0.05) is 363 Å². The highest BCUT2D eigenvalue weighted by Gasteiger charge is 2.46. The maximum atomic E-state index is 6.19. The normalized spacial score (nSPS) is 13.2. The summed E-state index contributed by atoms with van der Waals surface area (Å²) >= 11 is 0. The van der Waals surface area contributed by atoms with Gasteiger partial charge in [-0.3, -0.25) is 9.13 Å². The smallest absolute Gasteiger partial charge is 0.252 e. The molecule has 5 aromatic heterocycles. The second kappa shape index (κ2) is 31.7. The number of hydrogen-bond acceptors (Lipinski definition) is 4. The molecule has 0 amide bonds. The topological polar surface area (TPSA) is 47.1 Å². The maximum absolute atomic E-state index is 6.19. The predicted molar refractivity (Wildman–Crippen MR) is 578 cm³/mol. The number of benzene rings is 15. The molecule has 7 heterocycles. The Morgan fingerprint density at radius 3 is 1.11 bits per heavy atom. The largest absolute Gasteiger partial charge is 0.311 e. The first kappa shape index (κ1) is 86.1. The fraction of sp³-hybridized carbons (Fsp3) is 0.213. The van der Waals surface area contributed by atoms with Gasteiger partial charge in [-0.15, -0.1) is 0 Å². The highest BCUT2D eigenvalue weighted by Crippen LogP contribution is 2.53. The molecule has 664 valence electrons. The molecule has 0 aliphatic carbocycles. The Labute approximate surface area is 796 Å². The molecule has 22 rings (SSSR count). The van der Waals surface area contributed by atoms with Gasteiger partial charge >= 0.3 is 0 Å². The summed E-state index contributed by atoms with van der Waals surface area (Å²) in [5.74, 6) is 2.02. The predicted octanol–water partition coefficient (Wildman–Crippen LogP) is 32.8. The zero-order valence-electron chi connectivity index (χ0n) is 81.7. The lowest BCUT2D eigenvalue weighted by atomic mass is 9.33. The molecule has 0 bridgehead atoms. The minimum atomic E-state index is -0.417. The quantitative estimate of drug-likeness (QED) is 0.114. The first-order chi connectivity index (χ1) is 64.5. The Kier molecular flexibility index (Phi) is 20.2. The van der Waals surface area contributed by atoms with Crippen LogP contribution in [0.3, 0.4) is 0 Å². The molecule has 0 saturated carbocycles. The lowest BCUT2D eigenvalue weighted by molar-refractivity contribution is 0.590. The number of pyridine rings is 2. The van der Waals surface area contributed by atoms with Crippen LogP contribution in [0.5, 0.6) is 0 Å². The third kappa shape index (κ3) is 15.0. The molecule has 0 saturated heterocycles. The van der Waals surface area contributed by atoms with Gasteiger partial charge in [-0.25, -0.2) is 9.97 Å². The molecule has 2 aliphatic rings. The van der Waals surface area contributed by atoms with Crippen LogP contribution in [0.25, 0.3) is 150 Å². The number of aromatic nitrogens is 5. The summed E-state index contributed by atoms with van der Waals surface area (Å²) in [6, 6.07) is 133. The standard InChI is InChI=1S/C127H118BN7/c1-78(2)82-40-32-41-83(62-82)88-68-107(130-120(69-88)135-115-74-93(126(15,16)17)50-56-100(115)101-57-51-94(75-116(101)135)127(18,19)20)85-47-59-112-105(67-85)128-104-66-84(106-43-33-45-119(129-106)134-113-72-91(124(9,10)11)48-54-98(113)99-55-49-92(73-114(99)134)125(12,13)14)46-58-111(104)132(95-64-86(79-34-24-21-25-35-79)63-87(65-95)80-36-26-22-27-37-80)117-76-96(77-118(121(117)128)133(112)108-44-31-30-42-97(108)81-38-28-23-29-39-81)131-109-60-52-89(122(3,4)5)70-102(109)103-71-90(123(6,7)8)53-61-110(103)131/h21-78H,1-20H3. The van der Waals surface area contributed by atoms with Gasteiger partial charge in [0.25, 0.3) is 6.71 Å². The molecule has 0 radical (unpaired) electrons. The van der Waals surface area contributed by atoms with Gasteiger partial charge in [0, 0.05) is 66.3 Å². The second-order valence-electron chi connectivity index (χ2n) is 44.6. The first-order valence-electron chi connectivity index (χ1n) is 48.4. The van der Waals surface area contributed by atoms with Crippen molar-refractivity contribution >= 4 is 123 Å². The van der Waals surface area contributed by atoms with Crippen LogP contribution in [-0.4, -0.2) is 30.4 Å². The third-order valence-electron chi connectivity index (χ3n) is 28.9. The van der Waals surface area contributed by atoms with E-state index in [1.165, 1.54) is 76.7 Å². The van der Waals surface area contributed by atoms with Crippen molar-refractivity contribution in [3.05, 3.63) is 385 Å². The van der Waals surface area contributed by atoms with E-state index in [0.29, 0.717) is 5.92 Å². The van der Waals surface area contributed by atoms with Crippen molar-refractivity contribution in [2.45, 2.75) is 177 Å². The number of hydrogen-bond donors (Lipinski definition) is 0. The van der Waals surface area contributed by atoms with Crippen LogP contribution in [0.2, 0.25) is 0 Å². The van der Waals surface area contributed by atoms with Gasteiger partial charge in [-0.05, 0) is 265 Å². The van der Waals surface area contributed by atoms with E-state index in [0.717, 1.165) is 162 Å². The SMILES string of the molecule is CC(C)c1cccc(-c2cc(-c3ccc4c(c3)B3c5cc(-c6cccc(-n7c8cc(C(C)(C)C)ccc8c8ccc(C(C)(C)C)cc87)n6)ccc5N(c5cc(-c6ccccc6)cc(-c6ccccc6)c5)c5cc(-n6c7ccc(C(C)(C)C)cc7c7cc(C(C)(C)C)ccc76)cc(c53)N4c3ccccc3-c3ccccc3)nc(-n3c4cc(C(C)(C)C)ccc4c4ccc(C(C)(C)C)cc43)c2)c1. The molecular formula is C127H118BN7. The lowest BCUT2D eigenvalue weighted by Crippen LogP contribution is -2.61. The summed E-state index contributed by atoms with van der Waals surface area (Å²) in [5.41, 5.74) is 38.7.